The lowest BCUT2D eigenvalue weighted by Gasteiger charge is -2.21. The largest absolute Gasteiger partial charge is 0.370 e. The highest BCUT2D eigenvalue weighted by Crippen LogP contribution is 2.20. The van der Waals surface area contributed by atoms with E-state index in [-0.39, 0.29) is 12.4 Å². The number of hydrogen-bond donors (Lipinski definition) is 1. The number of nitrogens with one attached hydrogen (secondary N) is 1. The summed E-state index contributed by atoms with van der Waals surface area (Å²) < 4.78 is 38.1. The van der Waals surface area contributed by atoms with Gasteiger partial charge < -0.3 is 4.90 Å². The van der Waals surface area contributed by atoms with E-state index >= 15 is 0 Å². The van der Waals surface area contributed by atoms with E-state index in [1.54, 1.807) is 12.1 Å². The van der Waals surface area contributed by atoms with E-state index in [9.17, 15) is 12.8 Å². The Morgan fingerprint density at radius 1 is 1.28 bits per heavy atom. The number of anilines is 1. The second-order valence-corrected chi connectivity index (χ2v) is 5.88. The van der Waals surface area contributed by atoms with Crippen LogP contribution in [0.15, 0.2) is 18.2 Å². The minimum atomic E-state index is -3.25. The Kier molecular flexibility index (Phi) is 5.10. The molecule has 4 nitrogen and oxygen atoms in total. The molecule has 18 heavy (non-hydrogen) atoms. The van der Waals surface area contributed by atoms with E-state index in [2.05, 4.69) is 4.72 Å². The number of rotatable bonds is 6. The number of sulfonamides is 1. The van der Waals surface area contributed by atoms with Gasteiger partial charge in [0, 0.05) is 19.6 Å². The van der Waals surface area contributed by atoms with Gasteiger partial charge in [0.15, 0.2) is 0 Å². The molecule has 0 atom stereocenters. The second-order valence-electron chi connectivity index (χ2n) is 4.05. The zero-order valence-corrected chi connectivity index (χ0v) is 11.7. The summed E-state index contributed by atoms with van der Waals surface area (Å²) in [6.45, 7) is 5.49. The van der Waals surface area contributed by atoms with Crippen LogP contribution in [-0.2, 0) is 16.6 Å². The molecule has 0 aliphatic carbocycles. The molecule has 0 spiro atoms. The molecule has 0 unspecified atom stereocenters. The molecule has 0 aliphatic heterocycles. The summed E-state index contributed by atoms with van der Waals surface area (Å²) in [5, 5.41) is 0. The highest BCUT2D eigenvalue weighted by Gasteiger charge is 2.09. The standard InChI is InChI=1S/C12H19FN2O2S/c1-4-15(5-2)12-7-6-10(8-11(12)13)9-14-18(3,16)17/h6-8,14H,4-5,9H2,1-3H3. The first-order valence-corrected chi connectivity index (χ1v) is 7.74. The molecule has 0 radical (unpaired) electrons. The summed E-state index contributed by atoms with van der Waals surface area (Å²) in [5.74, 6) is -0.327. The highest BCUT2D eigenvalue weighted by atomic mass is 32.2. The fourth-order valence-corrected chi connectivity index (χ4v) is 2.12. The molecule has 1 rings (SSSR count). The maximum Gasteiger partial charge on any atom is 0.209 e. The quantitative estimate of drug-likeness (QED) is 0.859. The average molecular weight is 274 g/mol. The Morgan fingerprint density at radius 3 is 2.33 bits per heavy atom. The van der Waals surface area contributed by atoms with E-state index in [0.717, 1.165) is 19.3 Å². The van der Waals surface area contributed by atoms with Crippen molar-refractivity contribution in [3.63, 3.8) is 0 Å². The zero-order chi connectivity index (χ0) is 13.8. The molecule has 6 heteroatoms. The molecule has 1 aromatic carbocycles. The van der Waals surface area contributed by atoms with Crippen molar-refractivity contribution >= 4 is 15.7 Å². The maximum atomic E-state index is 13.9. The molecule has 102 valence electrons. The molecular formula is C12H19FN2O2S. The van der Waals surface area contributed by atoms with E-state index in [4.69, 9.17) is 0 Å². The van der Waals surface area contributed by atoms with Crippen LogP contribution < -0.4 is 9.62 Å². The van der Waals surface area contributed by atoms with E-state index < -0.39 is 10.0 Å². The molecule has 1 N–H and O–H groups in total. The smallest absolute Gasteiger partial charge is 0.209 e. The lowest BCUT2D eigenvalue weighted by molar-refractivity contribution is 0.586. The molecule has 0 aromatic heterocycles. The summed E-state index contributed by atoms with van der Waals surface area (Å²) in [4.78, 5) is 1.91. The van der Waals surface area contributed by atoms with Gasteiger partial charge in [-0.1, -0.05) is 6.07 Å². The van der Waals surface area contributed by atoms with Crippen LogP contribution in [0.4, 0.5) is 10.1 Å². The topological polar surface area (TPSA) is 49.4 Å². The molecule has 0 fully saturated rings. The SMILES string of the molecule is CCN(CC)c1ccc(CNS(C)(=O)=O)cc1F. The van der Waals surface area contributed by atoms with Gasteiger partial charge in [0.2, 0.25) is 10.0 Å². The van der Waals surface area contributed by atoms with Crippen molar-refractivity contribution in [1.82, 2.24) is 4.72 Å². The van der Waals surface area contributed by atoms with Crippen molar-refractivity contribution in [3.8, 4) is 0 Å². The van der Waals surface area contributed by atoms with Crippen LogP contribution in [0.5, 0.6) is 0 Å². The van der Waals surface area contributed by atoms with Crippen molar-refractivity contribution in [3.05, 3.63) is 29.6 Å². The van der Waals surface area contributed by atoms with Crippen LogP contribution in [0.3, 0.4) is 0 Å². The summed E-state index contributed by atoms with van der Waals surface area (Å²) in [7, 11) is -3.25. The molecule has 0 amide bonds. The second kappa shape index (κ2) is 6.15. The third-order valence-electron chi connectivity index (χ3n) is 2.65. The van der Waals surface area contributed by atoms with Crippen molar-refractivity contribution in [2.75, 3.05) is 24.2 Å². The van der Waals surface area contributed by atoms with Crippen LogP contribution >= 0.6 is 0 Å². The van der Waals surface area contributed by atoms with E-state index in [0.29, 0.717) is 11.3 Å². The molecular weight excluding hydrogens is 255 g/mol. The first kappa shape index (κ1) is 14.9. The van der Waals surface area contributed by atoms with Crippen LogP contribution in [0.25, 0.3) is 0 Å². The number of nitrogens with zero attached hydrogens (tertiary/aromatic N) is 1. The van der Waals surface area contributed by atoms with E-state index in [1.807, 2.05) is 18.7 Å². The fourth-order valence-electron chi connectivity index (χ4n) is 1.70. The average Bonchev–Trinajstić information content (AvgIpc) is 2.29. The Morgan fingerprint density at radius 2 is 1.89 bits per heavy atom. The first-order valence-electron chi connectivity index (χ1n) is 5.85. The molecule has 0 saturated carbocycles. The Hall–Kier alpha value is -1.14. The molecule has 0 heterocycles. The van der Waals surface area contributed by atoms with Gasteiger partial charge in [-0.3, -0.25) is 0 Å². The number of halogens is 1. The zero-order valence-electron chi connectivity index (χ0n) is 10.9. The fraction of sp³-hybridized carbons (Fsp3) is 0.500. The van der Waals surface area contributed by atoms with Crippen molar-refractivity contribution in [2.24, 2.45) is 0 Å². The van der Waals surface area contributed by atoms with Crippen molar-refractivity contribution in [2.45, 2.75) is 20.4 Å². The van der Waals surface area contributed by atoms with Gasteiger partial charge >= 0.3 is 0 Å². The predicted octanol–water partition coefficient (Wildman–Crippen LogP) is 1.72. The Balaban J connectivity index is 2.85. The van der Waals surface area contributed by atoms with Gasteiger partial charge in [-0.2, -0.15) is 0 Å². The van der Waals surface area contributed by atoms with Crippen LogP contribution in [-0.4, -0.2) is 27.8 Å². The minimum Gasteiger partial charge on any atom is -0.370 e. The maximum absolute atomic E-state index is 13.9. The minimum absolute atomic E-state index is 0.105. The Bertz CT molecular complexity index is 499. The molecule has 0 bridgehead atoms. The third-order valence-corrected chi connectivity index (χ3v) is 3.32. The van der Waals surface area contributed by atoms with Gasteiger partial charge in [0.25, 0.3) is 0 Å². The lowest BCUT2D eigenvalue weighted by atomic mass is 10.2. The summed E-state index contributed by atoms with van der Waals surface area (Å²) >= 11 is 0. The van der Waals surface area contributed by atoms with Gasteiger partial charge in [-0.05, 0) is 31.5 Å². The summed E-state index contributed by atoms with van der Waals surface area (Å²) in [6.07, 6.45) is 1.08. The van der Waals surface area contributed by atoms with Crippen molar-refractivity contribution in [1.29, 1.82) is 0 Å². The summed E-state index contributed by atoms with van der Waals surface area (Å²) in [5.41, 5.74) is 1.15. The van der Waals surface area contributed by atoms with Gasteiger partial charge in [-0.25, -0.2) is 17.5 Å². The van der Waals surface area contributed by atoms with Crippen molar-refractivity contribution < 1.29 is 12.8 Å². The summed E-state index contributed by atoms with van der Waals surface area (Å²) in [6, 6.07) is 4.78. The van der Waals surface area contributed by atoms with Gasteiger partial charge in [0.05, 0.1) is 11.9 Å². The Labute approximate surface area is 108 Å². The van der Waals surface area contributed by atoms with Crippen LogP contribution in [0, 0.1) is 5.82 Å². The first-order chi connectivity index (χ1) is 8.37. The molecule has 1 aromatic rings. The third kappa shape index (κ3) is 4.27. The predicted molar refractivity (Wildman–Crippen MR) is 71.6 cm³/mol. The normalized spacial score (nSPS) is 11.6. The van der Waals surface area contributed by atoms with Crippen LogP contribution in [0.1, 0.15) is 19.4 Å². The number of benzene rings is 1. The van der Waals surface area contributed by atoms with E-state index in [1.165, 1.54) is 6.07 Å². The van der Waals surface area contributed by atoms with Gasteiger partial charge in [-0.15, -0.1) is 0 Å². The monoisotopic (exact) mass is 274 g/mol. The highest BCUT2D eigenvalue weighted by molar-refractivity contribution is 7.88. The molecule has 0 aliphatic rings. The lowest BCUT2D eigenvalue weighted by Crippen LogP contribution is -2.24. The number of hydrogen-bond acceptors (Lipinski definition) is 3. The van der Waals surface area contributed by atoms with Gasteiger partial charge in [0.1, 0.15) is 5.82 Å². The van der Waals surface area contributed by atoms with Crippen LogP contribution in [0.2, 0.25) is 0 Å². The molecule has 0 saturated heterocycles.